The van der Waals surface area contributed by atoms with Gasteiger partial charge >= 0.3 is 12.1 Å². The molecule has 4 rings (SSSR count). The number of fused-ring (bicyclic) bond motifs is 1. The molecule has 1 aliphatic heterocycles. The van der Waals surface area contributed by atoms with Crippen molar-refractivity contribution in [3.8, 4) is 5.75 Å². The van der Waals surface area contributed by atoms with Crippen molar-refractivity contribution in [1.82, 2.24) is 14.9 Å². The smallest absolute Gasteiger partial charge is 0.471 e. The predicted octanol–water partition coefficient (Wildman–Crippen LogP) is 4.30. The lowest BCUT2D eigenvalue weighted by Gasteiger charge is -2.41. The zero-order valence-corrected chi connectivity index (χ0v) is 17.2. The first-order valence-electron chi connectivity index (χ1n) is 9.97. The van der Waals surface area contributed by atoms with E-state index in [1.165, 1.54) is 19.2 Å². The highest BCUT2D eigenvalue weighted by molar-refractivity contribution is 5.98. The molecule has 0 unspecified atom stereocenters. The number of carbonyl (C=O) groups excluding carboxylic acids is 1. The lowest BCUT2D eigenvalue weighted by molar-refractivity contribution is -0.171. The number of para-hydroxylation sites is 2. The van der Waals surface area contributed by atoms with Crippen LogP contribution in [0.5, 0.6) is 5.75 Å². The summed E-state index contributed by atoms with van der Waals surface area (Å²) in [6.07, 6.45) is -4.26. The maximum absolute atomic E-state index is 13.5. The van der Waals surface area contributed by atoms with Gasteiger partial charge in [0.15, 0.2) is 0 Å². The van der Waals surface area contributed by atoms with Crippen molar-refractivity contribution in [3.05, 3.63) is 54.4 Å². The number of likely N-dealkylation sites (tertiary alicyclic amines) is 1. The highest BCUT2D eigenvalue weighted by Gasteiger charge is 2.47. The van der Waals surface area contributed by atoms with Crippen molar-refractivity contribution in [2.45, 2.75) is 31.1 Å². The van der Waals surface area contributed by atoms with E-state index in [0.29, 0.717) is 31.0 Å². The minimum absolute atomic E-state index is 0.166. The van der Waals surface area contributed by atoms with Crippen LogP contribution in [0.25, 0.3) is 11.0 Å². The van der Waals surface area contributed by atoms with Crippen LogP contribution in [0.1, 0.15) is 24.7 Å². The van der Waals surface area contributed by atoms with Gasteiger partial charge in [-0.2, -0.15) is 13.2 Å². The number of nitrogens with zero attached hydrogens (tertiary/aromatic N) is 3. The van der Waals surface area contributed by atoms with Crippen molar-refractivity contribution in [2.75, 3.05) is 25.6 Å². The fraction of sp³-hybridized carbons (Fsp3) is 0.364. The maximum atomic E-state index is 13.5. The van der Waals surface area contributed by atoms with Crippen LogP contribution in [-0.2, 0) is 4.79 Å². The molecular formula is C22H23F3N4O2. The Hall–Kier alpha value is -3.07. The summed E-state index contributed by atoms with van der Waals surface area (Å²) in [6, 6.07) is 12.8. The number of ether oxygens (including phenoxy) is 1. The molecule has 1 aliphatic rings. The molecule has 2 atom stereocenters. The number of aromatic nitrogens is 2. The number of aromatic amines is 1. The number of hydrogen-bond acceptors (Lipinski definition) is 4. The molecule has 2 aromatic carbocycles. The van der Waals surface area contributed by atoms with Crippen LogP contribution in [0.3, 0.4) is 0 Å². The summed E-state index contributed by atoms with van der Waals surface area (Å²) in [5.74, 6) is -0.809. The first-order chi connectivity index (χ1) is 14.8. The highest BCUT2D eigenvalue weighted by Crippen LogP contribution is 2.36. The summed E-state index contributed by atoms with van der Waals surface area (Å²) < 4.78 is 45.7. The molecule has 1 N–H and O–H groups in total. The first-order valence-corrected chi connectivity index (χ1v) is 9.97. The molecule has 1 saturated heterocycles. The number of rotatable bonds is 4. The molecule has 1 amide bonds. The summed E-state index contributed by atoms with van der Waals surface area (Å²) >= 11 is 0. The van der Waals surface area contributed by atoms with Crippen molar-refractivity contribution < 1.29 is 22.7 Å². The number of alkyl halides is 3. The number of amides is 1. The molecule has 164 valence electrons. The van der Waals surface area contributed by atoms with E-state index in [4.69, 9.17) is 4.74 Å². The topological polar surface area (TPSA) is 61.5 Å². The van der Waals surface area contributed by atoms with Crippen molar-refractivity contribution in [1.29, 1.82) is 0 Å². The van der Waals surface area contributed by atoms with Crippen LogP contribution in [0.2, 0.25) is 0 Å². The third-order valence-corrected chi connectivity index (χ3v) is 5.72. The summed E-state index contributed by atoms with van der Waals surface area (Å²) in [5.41, 5.74) is 1.83. The van der Waals surface area contributed by atoms with E-state index in [2.05, 4.69) is 14.9 Å². The van der Waals surface area contributed by atoms with E-state index in [1.807, 2.05) is 31.3 Å². The Morgan fingerprint density at radius 3 is 2.71 bits per heavy atom. The zero-order chi connectivity index (χ0) is 22.2. The number of anilines is 1. The van der Waals surface area contributed by atoms with Crippen molar-refractivity contribution in [3.63, 3.8) is 0 Å². The van der Waals surface area contributed by atoms with Gasteiger partial charge < -0.3 is 14.6 Å². The average Bonchev–Trinajstić information content (AvgIpc) is 3.18. The number of piperidine rings is 1. The molecule has 3 aromatic rings. The minimum Gasteiger partial charge on any atom is -0.497 e. The Labute approximate surface area is 177 Å². The van der Waals surface area contributed by atoms with Gasteiger partial charge in [0.25, 0.3) is 0 Å². The van der Waals surface area contributed by atoms with E-state index in [1.54, 1.807) is 12.1 Å². The standard InChI is InChI=1S/C22H23F3N4O2/c1-28-11-10-15(13-19(28)20-26-17-8-3-4-9-18(17)27-20)29(21(30)22(23,24)25)14-6-5-7-16(12-14)31-2/h3-9,12,15,19H,10-11,13H2,1-2H3,(H,26,27)/t15-,19-/m1/s1. The molecule has 2 heterocycles. The van der Waals surface area contributed by atoms with Crippen LogP contribution in [0.4, 0.5) is 18.9 Å². The molecule has 0 spiro atoms. The molecule has 0 aliphatic carbocycles. The van der Waals surface area contributed by atoms with Gasteiger partial charge in [0.1, 0.15) is 11.6 Å². The highest BCUT2D eigenvalue weighted by atomic mass is 19.4. The van der Waals surface area contributed by atoms with Gasteiger partial charge in [-0.3, -0.25) is 9.69 Å². The molecule has 0 bridgehead atoms. The summed E-state index contributed by atoms with van der Waals surface area (Å²) in [7, 11) is 3.34. The fourth-order valence-corrected chi connectivity index (χ4v) is 4.14. The van der Waals surface area contributed by atoms with E-state index >= 15 is 0 Å². The first kappa shape index (κ1) is 21.2. The second-order valence-electron chi connectivity index (χ2n) is 7.69. The van der Waals surface area contributed by atoms with Crippen molar-refractivity contribution in [2.24, 2.45) is 0 Å². The quantitative estimate of drug-likeness (QED) is 0.668. The Morgan fingerprint density at radius 1 is 1.23 bits per heavy atom. The molecule has 31 heavy (non-hydrogen) atoms. The monoisotopic (exact) mass is 432 g/mol. The number of hydrogen-bond donors (Lipinski definition) is 1. The predicted molar refractivity (Wildman–Crippen MR) is 111 cm³/mol. The Morgan fingerprint density at radius 2 is 2.00 bits per heavy atom. The number of imidazole rings is 1. The fourth-order valence-electron chi connectivity index (χ4n) is 4.14. The number of halogens is 3. The number of benzene rings is 2. The molecular weight excluding hydrogens is 409 g/mol. The summed E-state index contributed by atoms with van der Waals surface area (Å²) in [4.78, 5) is 23.3. The number of methoxy groups -OCH3 is 1. The van der Waals surface area contributed by atoms with Gasteiger partial charge in [0.05, 0.1) is 24.2 Å². The second kappa shape index (κ2) is 8.22. The van der Waals surface area contributed by atoms with Gasteiger partial charge in [0, 0.05) is 24.3 Å². The summed E-state index contributed by atoms with van der Waals surface area (Å²) in [6.45, 7) is 0.526. The lowest BCUT2D eigenvalue weighted by Crippen LogP contribution is -2.52. The molecule has 0 saturated carbocycles. The van der Waals surface area contributed by atoms with Crippen LogP contribution in [0.15, 0.2) is 48.5 Å². The number of carbonyl (C=O) groups is 1. The minimum atomic E-state index is -4.98. The van der Waals surface area contributed by atoms with Crippen LogP contribution in [0, 0.1) is 0 Å². The maximum Gasteiger partial charge on any atom is 0.471 e. The van der Waals surface area contributed by atoms with E-state index in [9.17, 15) is 18.0 Å². The second-order valence-corrected chi connectivity index (χ2v) is 7.69. The molecule has 1 aromatic heterocycles. The third kappa shape index (κ3) is 4.23. The molecule has 6 nitrogen and oxygen atoms in total. The zero-order valence-electron chi connectivity index (χ0n) is 17.2. The molecule has 1 fully saturated rings. The van der Waals surface area contributed by atoms with Gasteiger partial charge in [-0.05, 0) is 44.2 Å². The normalized spacial score (nSPS) is 20.0. The third-order valence-electron chi connectivity index (χ3n) is 5.72. The largest absolute Gasteiger partial charge is 0.497 e. The van der Waals surface area contributed by atoms with E-state index in [0.717, 1.165) is 15.9 Å². The molecule has 0 radical (unpaired) electrons. The Kier molecular flexibility index (Phi) is 5.62. The Balaban J connectivity index is 1.69. The van der Waals surface area contributed by atoms with Gasteiger partial charge in [-0.15, -0.1) is 0 Å². The van der Waals surface area contributed by atoms with Crippen LogP contribution >= 0.6 is 0 Å². The van der Waals surface area contributed by atoms with E-state index in [-0.39, 0.29) is 11.7 Å². The number of nitrogens with one attached hydrogen (secondary N) is 1. The SMILES string of the molecule is COc1cccc(N(C(=O)C(F)(F)F)[C@@H]2CCN(C)[C@@H](c3nc4ccccc4[nH]3)C2)c1. The van der Waals surface area contributed by atoms with Gasteiger partial charge in [-0.25, -0.2) is 4.98 Å². The van der Waals surface area contributed by atoms with Gasteiger partial charge in [-0.1, -0.05) is 18.2 Å². The van der Waals surface area contributed by atoms with Gasteiger partial charge in [0.2, 0.25) is 0 Å². The number of H-pyrrole nitrogens is 1. The summed E-state index contributed by atoms with van der Waals surface area (Å²) in [5, 5.41) is 0. The average molecular weight is 432 g/mol. The van der Waals surface area contributed by atoms with Crippen LogP contribution < -0.4 is 9.64 Å². The lowest BCUT2D eigenvalue weighted by atomic mass is 9.95. The molecule has 9 heteroatoms. The van der Waals surface area contributed by atoms with Crippen molar-refractivity contribution >= 4 is 22.6 Å². The Bertz CT molecular complexity index is 1050. The van der Waals surface area contributed by atoms with E-state index < -0.39 is 18.1 Å². The van der Waals surface area contributed by atoms with Crippen LogP contribution in [-0.4, -0.2) is 53.7 Å².